The second-order valence-corrected chi connectivity index (χ2v) is 5.05. The van der Waals surface area contributed by atoms with E-state index in [9.17, 15) is 4.39 Å². The first-order valence-corrected chi connectivity index (χ1v) is 6.35. The van der Waals surface area contributed by atoms with Crippen molar-refractivity contribution in [2.75, 3.05) is 13.6 Å². The molecule has 2 nitrogen and oxygen atoms in total. The number of benzene rings is 1. The van der Waals surface area contributed by atoms with Gasteiger partial charge in [0.25, 0.3) is 0 Å². The topological polar surface area (TPSA) is 24.1 Å². The molecule has 0 aliphatic heterocycles. The van der Waals surface area contributed by atoms with Crippen LogP contribution < -0.4 is 10.6 Å². The van der Waals surface area contributed by atoms with E-state index in [-0.39, 0.29) is 11.9 Å². The van der Waals surface area contributed by atoms with E-state index in [1.54, 1.807) is 13.0 Å². The monoisotopic (exact) mass is 256 g/mol. The normalized spacial score (nSPS) is 17.2. The largest absolute Gasteiger partial charge is 0.312 e. The van der Waals surface area contributed by atoms with Gasteiger partial charge in [-0.1, -0.05) is 11.6 Å². The molecular weight excluding hydrogens is 239 g/mol. The Labute approximate surface area is 107 Å². The highest BCUT2D eigenvalue weighted by atomic mass is 35.5. The molecule has 0 spiro atoms. The van der Waals surface area contributed by atoms with Gasteiger partial charge in [-0.25, -0.2) is 4.39 Å². The molecule has 0 heterocycles. The molecule has 0 amide bonds. The van der Waals surface area contributed by atoms with E-state index < -0.39 is 0 Å². The van der Waals surface area contributed by atoms with Crippen LogP contribution in [-0.2, 0) is 0 Å². The van der Waals surface area contributed by atoms with Gasteiger partial charge in [0.05, 0.1) is 0 Å². The quantitative estimate of drug-likeness (QED) is 0.847. The molecule has 1 unspecified atom stereocenters. The van der Waals surface area contributed by atoms with Crippen molar-refractivity contribution in [3.8, 4) is 0 Å². The van der Waals surface area contributed by atoms with E-state index in [4.69, 9.17) is 11.6 Å². The average Bonchev–Trinajstić information content (AvgIpc) is 3.09. The Morgan fingerprint density at radius 1 is 1.47 bits per heavy atom. The highest BCUT2D eigenvalue weighted by Gasteiger charge is 2.23. The van der Waals surface area contributed by atoms with E-state index >= 15 is 0 Å². The Kier molecular flexibility index (Phi) is 4.02. The van der Waals surface area contributed by atoms with Crippen LogP contribution in [0.4, 0.5) is 4.39 Å². The lowest BCUT2D eigenvalue weighted by Crippen LogP contribution is -2.31. The minimum absolute atomic E-state index is 0.0539. The SMILES string of the molecule is CNC(CNC1CC1)c1cc(F)c(C)cc1Cl. The summed E-state index contributed by atoms with van der Waals surface area (Å²) in [4.78, 5) is 0. The van der Waals surface area contributed by atoms with Gasteiger partial charge in [0.2, 0.25) is 0 Å². The van der Waals surface area contributed by atoms with Gasteiger partial charge in [-0.05, 0) is 50.1 Å². The van der Waals surface area contributed by atoms with Crippen molar-refractivity contribution in [3.63, 3.8) is 0 Å². The van der Waals surface area contributed by atoms with Crippen molar-refractivity contribution < 1.29 is 4.39 Å². The summed E-state index contributed by atoms with van der Waals surface area (Å²) >= 11 is 6.17. The Bertz CT molecular complexity index is 405. The van der Waals surface area contributed by atoms with Crippen LogP contribution >= 0.6 is 11.6 Å². The van der Waals surface area contributed by atoms with Gasteiger partial charge in [-0.15, -0.1) is 0 Å². The van der Waals surface area contributed by atoms with E-state index in [0.29, 0.717) is 16.6 Å². The number of hydrogen-bond acceptors (Lipinski definition) is 2. The molecule has 0 bridgehead atoms. The zero-order chi connectivity index (χ0) is 12.4. The molecule has 2 rings (SSSR count). The Morgan fingerprint density at radius 2 is 2.18 bits per heavy atom. The summed E-state index contributed by atoms with van der Waals surface area (Å²) in [5.74, 6) is -0.198. The lowest BCUT2D eigenvalue weighted by atomic mass is 10.0. The van der Waals surface area contributed by atoms with E-state index in [0.717, 1.165) is 12.1 Å². The lowest BCUT2D eigenvalue weighted by molar-refractivity contribution is 0.521. The second kappa shape index (κ2) is 5.34. The number of nitrogens with one attached hydrogen (secondary N) is 2. The third-order valence-corrected chi connectivity index (χ3v) is 3.52. The molecule has 2 N–H and O–H groups in total. The average molecular weight is 257 g/mol. The van der Waals surface area contributed by atoms with Crippen molar-refractivity contribution in [2.24, 2.45) is 0 Å². The Balaban J connectivity index is 2.13. The summed E-state index contributed by atoms with van der Waals surface area (Å²) in [6, 6.07) is 3.92. The van der Waals surface area contributed by atoms with Crippen LogP contribution in [0.3, 0.4) is 0 Å². The van der Waals surface area contributed by atoms with Crippen LogP contribution in [0.2, 0.25) is 5.02 Å². The number of aryl methyl sites for hydroxylation is 1. The van der Waals surface area contributed by atoms with Gasteiger partial charge in [0.15, 0.2) is 0 Å². The molecule has 94 valence electrons. The summed E-state index contributed by atoms with van der Waals surface area (Å²) in [6.45, 7) is 2.51. The van der Waals surface area contributed by atoms with Crippen LogP contribution in [0.15, 0.2) is 12.1 Å². The number of hydrogen-bond donors (Lipinski definition) is 2. The van der Waals surface area contributed by atoms with Crippen molar-refractivity contribution >= 4 is 11.6 Å². The molecule has 1 saturated carbocycles. The molecule has 0 radical (unpaired) electrons. The zero-order valence-electron chi connectivity index (χ0n) is 10.2. The third kappa shape index (κ3) is 3.18. The maximum Gasteiger partial charge on any atom is 0.126 e. The third-order valence-electron chi connectivity index (χ3n) is 3.19. The summed E-state index contributed by atoms with van der Waals surface area (Å²) in [7, 11) is 1.87. The van der Waals surface area contributed by atoms with E-state index in [1.807, 2.05) is 7.05 Å². The molecular formula is C13H18ClFN2. The molecule has 4 heteroatoms. The van der Waals surface area contributed by atoms with Gasteiger partial charge < -0.3 is 10.6 Å². The number of rotatable bonds is 5. The summed E-state index contributed by atoms with van der Waals surface area (Å²) in [5, 5.41) is 7.22. The first-order valence-electron chi connectivity index (χ1n) is 5.98. The van der Waals surface area contributed by atoms with E-state index in [1.165, 1.54) is 18.9 Å². The first kappa shape index (κ1) is 12.8. The molecule has 1 atom stereocenters. The molecule has 1 aliphatic carbocycles. The molecule has 1 aromatic rings. The van der Waals surface area contributed by atoms with Crippen LogP contribution in [0.5, 0.6) is 0 Å². The fourth-order valence-corrected chi connectivity index (χ4v) is 2.22. The van der Waals surface area contributed by atoms with Crippen LogP contribution in [0.25, 0.3) is 0 Å². The fraction of sp³-hybridized carbons (Fsp3) is 0.538. The molecule has 1 fully saturated rings. The van der Waals surface area contributed by atoms with Crippen molar-refractivity contribution in [1.29, 1.82) is 0 Å². The van der Waals surface area contributed by atoms with Gasteiger partial charge in [-0.2, -0.15) is 0 Å². The summed E-state index contributed by atoms with van der Waals surface area (Å²) < 4.78 is 13.6. The molecule has 1 aliphatic rings. The molecule has 0 aromatic heterocycles. The molecule has 1 aromatic carbocycles. The van der Waals surface area contributed by atoms with Crippen LogP contribution in [0.1, 0.15) is 30.0 Å². The Morgan fingerprint density at radius 3 is 2.76 bits per heavy atom. The number of likely N-dealkylation sites (N-methyl/N-ethyl adjacent to an activating group) is 1. The minimum atomic E-state index is -0.198. The highest BCUT2D eigenvalue weighted by molar-refractivity contribution is 6.31. The van der Waals surface area contributed by atoms with Crippen LogP contribution in [0, 0.1) is 12.7 Å². The first-order chi connectivity index (χ1) is 8.11. The maximum atomic E-state index is 13.6. The van der Waals surface area contributed by atoms with Gasteiger partial charge >= 0.3 is 0 Å². The van der Waals surface area contributed by atoms with Crippen molar-refractivity contribution in [3.05, 3.63) is 34.1 Å². The molecule has 17 heavy (non-hydrogen) atoms. The summed E-state index contributed by atoms with van der Waals surface area (Å²) in [6.07, 6.45) is 2.48. The van der Waals surface area contributed by atoms with Gasteiger partial charge in [0.1, 0.15) is 5.82 Å². The predicted octanol–water partition coefficient (Wildman–Crippen LogP) is 2.80. The minimum Gasteiger partial charge on any atom is -0.312 e. The summed E-state index contributed by atoms with van der Waals surface area (Å²) in [5.41, 5.74) is 1.41. The van der Waals surface area contributed by atoms with Crippen LogP contribution in [-0.4, -0.2) is 19.6 Å². The number of halogens is 2. The van der Waals surface area contributed by atoms with Gasteiger partial charge in [-0.3, -0.25) is 0 Å². The highest BCUT2D eigenvalue weighted by Crippen LogP contribution is 2.27. The lowest BCUT2D eigenvalue weighted by Gasteiger charge is -2.19. The van der Waals surface area contributed by atoms with Gasteiger partial charge in [0, 0.05) is 23.7 Å². The fourth-order valence-electron chi connectivity index (χ4n) is 1.87. The standard InChI is InChI=1S/C13H18ClFN2/c1-8-5-11(14)10(6-12(8)15)13(16-2)7-17-9-3-4-9/h5-6,9,13,16-17H,3-4,7H2,1-2H3. The van der Waals surface area contributed by atoms with Crippen molar-refractivity contribution in [2.45, 2.75) is 31.8 Å². The second-order valence-electron chi connectivity index (χ2n) is 4.65. The van der Waals surface area contributed by atoms with E-state index in [2.05, 4.69) is 10.6 Å². The molecule has 0 saturated heterocycles. The van der Waals surface area contributed by atoms with Crippen molar-refractivity contribution in [1.82, 2.24) is 10.6 Å². The zero-order valence-corrected chi connectivity index (χ0v) is 10.9. The predicted molar refractivity (Wildman–Crippen MR) is 69.0 cm³/mol. The maximum absolute atomic E-state index is 13.6. The Hall–Kier alpha value is -0.640. The smallest absolute Gasteiger partial charge is 0.126 e.